The Labute approximate surface area is 122 Å². The third-order valence-electron chi connectivity index (χ3n) is 3.38. The zero-order valence-electron chi connectivity index (χ0n) is 13.4. The van der Waals surface area contributed by atoms with Gasteiger partial charge >= 0.3 is 12.0 Å². The van der Waals surface area contributed by atoms with Crippen LogP contribution in [-0.2, 0) is 4.79 Å². The molecule has 0 saturated heterocycles. The number of carbonyl (C=O) groups is 2. The van der Waals surface area contributed by atoms with E-state index in [4.69, 9.17) is 5.11 Å². The van der Waals surface area contributed by atoms with Crippen LogP contribution >= 0.6 is 0 Å². The van der Waals surface area contributed by atoms with Crippen LogP contribution in [0.25, 0.3) is 0 Å². The fourth-order valence-electron chi connectivity index (χ4n) is 2.35. The highest BCUT2D eigenvalue weighted by Gasteiger charge is 2.18. The van der Waals surface area contributed by atoms with Crippen LogP contribution in [0.4, 0.5) is 4.79 Å². The second-order valence-corrected chi connectivity index (χ2v) is 6.21. The Hall–Kier alpha value is -1.26. The zero-order chi connectivity index (χ0) is 15.7. The molecule has 0 radical (unpaired) electrons. The van der Waals surface area contributed by atoms with Crippen molar-refractivity contribution < 1.29 is 14.7 Å². The molecule has 0 heterocycles. The Morgan fingerprint density at radius 3 is 2.15 bits per heavy atom. The number of hydrogen-bond acceptors (Lipinski definition) is 2. The average molecular weight is 286 g/mol. The van der Waals surface area contributed by atoms with Gasteiger partial charge in [-0.3, -0.25) is 4.79 Å². The van der Waals surface area contributed by atoms with Crippen LogP contribution in [-0.4, -0.2) is 29.7 Å². The van der Waals surface area contributed by atoms with E-state index in [0.717, 1.165) is 12.8 Å². The highest BCUT2D eigenvalue weighted by Crippen LogP contribution is 2.14. The first-order valence-electron chi connectivity index (χ1n) is 7.52. The second-order valence-electron chi connectivity index (χ2n) is 6.21. The van der Waals surface area contributed by atoms with Crippen molar-refractivity contribution in [2.24, 2.45) is 17.8 Å². The molecular weight excluding hydrogens is 256 g/mol. The standard InChI is InChI=1S/C15H30N2O3/c1-6-13(11(4)5)17-15(20)16-9-12(7-10(2)3)8-14(18)19/h10-13H,6-9H2,1-5H3,(H,18,19)(H2,16,17,20)/t12-,13?/m0/s1. The van der Waals surface area contributed by atoms with Gasteiger partial charge in [-0.05, 0) is 30.6 Å². The fraction of sp³-hybridized carbons (Fsp3) is 0.867. The summed E-state index contributed by atoms with van der Waals surface area (Å²) < 4.78 is 0. The van der Waals surface area contributed by atoms with E-state index in [2.05, 4.69) is 38.3 Å². The molecule has 118 valence electrons. The van der Waals surface area contributed by atoms with Gasteiger partial charge in [-0.25, -0.2) is 4.79 Å². The first-order valence-corrected chi connectivity index (χ1v) is 7.52. The third kappa shape index (κ3) is 8.77. The third-order valence-corrected chi connectivity index (χ3v) is 3.38. The molecule has 0 bridgehead atoms. The van der Waals surface area contributed by atoms with Crippen LogP contribution in [0.5, 0.6) is 0 Å². The van der Waals surface area contributed by atoms with Crippen LogP contribution in [0.1, 0.15) is 53.9 Å². The molecule has 20 heavy (non-hydrogen) atoms. The number of carbonyl (C=O) groups excluding carboxylic acids is 1. The number of carboxylic acids is 1. The van der Waals surface area contributed by atoms with Gasteiger partial charge in [0.2, 0.25) is 0 Å². The van der Waals surface area contributed by atoms with Crippen LogP contribution in [0, 0.1) is 17.8 Å². The van der Waals surface area contributed by atoms with Crippen LogP contribution in [0.2, 0.25) is 0 Å². The summed E-state index contributed by atoms with van der Waals surface area (Å²) >= 11 is 0. The van der Waals surface area contributed by atoms with Crippen molar-refractivity contribution >= 4 is 12.0 Å². The van der Waals surface area contributed by atoms with E-state index >= 15 is 0 Å². The lowest BCUT2D eigenvalue weighted by atomic mass is 9.94. The number of amides is 2. The monoisotopic (exact) mass is 286 g/mol. The maximum Gasteiger partial charge on any atom is 0.315 e. The van der Waals surface area contributed by atoms with Crippen molar-refractivity contribution in [3.05, 3.63) is 0 Å². The van der Waals surface area contributed by atoms with E-state index in [0.29, 0.717) is 18.4 Å². The largest absolute Gasteiger partial charge is 0.481 e. The first kappa shape index (κ1) is 18.7. The van der Waals surface area contributed by atoms with E-state index in [1.54, 1.807) is 0 Å². The van der Waals surface area contributed by atoms with Gasteiger partial charge in [-0.1, -0.05) is 34.6 Å². The Morgan fingerprint density at radius 1 is 1.15 bits per heavy atom. The Balaban J connectivity index is 4.25. The summed E-state index contributed by atoms with van der Waals surface area (Å²) in [7, 11) is 0. The summed E-state index contributed by atoms with van der Waals surface area (Å²) in [6, 6.07) is -0.0530. The molecule has 2 amide bonds. The number of nitrogens with one attached hydrogen (secondary N) is 2. The highest BCUT2D eigenvalue weighted by atomic mass is 16.4. The number of aliphatic carboxylic acids is 1. The smallest absolute Gasteiger partial charge is 0.315 e. The zero-order valence-corrected chi connectivity index (χ0v) is 13.4. The SMILES string of the molecule is CCC(NC(=O)NC[C@H](CC(=O)O)CC(C)C)C(C)C. The first-order chi connectivity index (χ1) is 9.26. The van der Waals surface area contributed by atoms with Crippen molar-refractivity contribution in [1.29, 1.82) is 0 Å². The van der Waals surface area contributed by atoms with Gasteiger partial charge in [0.05, 0.1) is 0 Å². The molecule has 2 atom stereocenters. The summed E-state index contributed by atoms with van der Waals surface area (Å²) in [5.41, 5.74) is 0. The summed E-state index contributed by atoms with van der Waals surface area (Å²) in [6.07, 6.45) is 1.78. The summed E-state index contributed by atoms with van der Waals surface area (Å²) in [5, 5.41) is 14.6. The number of carboxylic acid groups (broad SMARTS) is 1. The summed E-state index contributed by atoms with van der Waals surface area (Å²) in [4.78, 5) is 22.6. The van der Waals surface area contributed by atoms with Crippen LogP contribution in [0.3, 0.4) is 0 Å². The molecule has 0 aromatic heterocycles. The molecule has 0 spiro atoms. The lowest BCUT2D eigenvalue weighted by Gasteiger charge is -2.22. The van der Waals surface area contributed by atoms with Crippen LogP contribution in [0.15, 0.2) is 0 Å². The molecule has 0 rings (SSSR count). The van der Waals surface area contributed by atoms with Gasteiger partial charge < -0.3 is 15.7 Å². The number of hydrogen-bond donors (Lipinski definition) is 3. The van der Waals surface area contributed by atoms with Gasteiger partial charge in [0.1, 0.15) is 0 Å². The van der Waals surface area contributed by atoms with Gasteiger partial charge in [0, 0.05) is 19.0 Å². The van der Waals surface area contributed by atoms with Crippen molar-refractivity contribution in [1.82, 2.24) is 10.6 Å². The minimum absolute atomic E-state index is 0.0163. The molecule has 0 aliphatic rings. The predicted octanol–water partition coefficient (Wildman–Crippen LogP) is 2.86. The Bertz CT molecular complexity index is 303. The minimum Gasteiger partial charge on any atom is -0.481 e. The molecule has 0 aromatic carbocycles. The van der Waals surface area contributed by atoms with Gasteiger partial charge in [-0.2, -0.15) is 0 Å². The number of urea groups is 1. The normalized spacial score (nSPS) is 14.2. The van der Waals surface area contributed by atoms with E-state index < -0.39 is 5.97 Å². The maximum atomic E-state index is 11.8. The Morgan fingerprint density at radius 2 is 1.75 bits per heavy atom. The topological polar surface area (TPSA) is 78.4 Å². The lowest BCUT2D eigenvalue weighted by molar-refractivity contribution is -0.138. The van der Waals surface area contributed by atoms with Gasteiger partial charge in [0.15, 0.2) is 0 Å². The quantitative estimate of drug-likeness (QED) is 0.610. The molecule has 1 unspecified atom stereocenters. The molecular formula is C15H30N2O3. The molecule has 0 fully saturated rings. The molecule has 0 saturated carbocycles. The van der Waals surface area contributed by atoms with Crippen molar-refractivity contribution in [3.63, 3.8) is 0 Å². The maximum absolute atomic E-state index is 11.8. The minimum atomic E-state index is -0.813. The molecule has 5 nitrogen and oxygen atoms in total. The lowest BCUT2D eigenvalue weighted by Crippen LogP contribution is -2.45. The molecule has 0 aromatic rings. The van der Waals surface area contributed by atoms with E-state index in [9.17, 15) is 9.59 Å². The molecule has 0 aliphatic carbocycles. The fourth-order valence-corrected chi connectivity index (χ4v) is 2.35. The Kier molecular flexibility index (Phi) is 9.01. The van der Waals surface area contributed by atoms with E-state index in [1.165, 1.54) is 0 Å². The van der Waals surface area contributed by atoms with Gasteiger partial charge in [0.25, 0.3) is 0 Å². The number of rotatable bonds is 9. The van der Waals surface area contributed by atoms with Crippen molar-refractivity contribution in [3.8, 4) is 0 Å². The van der Waals surface area contributed by atoms with Crippen molar-refractivity contribution in [2.45, 2.75) is 59.9 Å². The second kappa shape index (κ2) is 9.61. The van der Waals surface area contributed by atoms with Crippen molar-refractivity contribution in [2.75, 3.05) is 6.54 Å². The highest BCUT2D eigenvalue weighted by molar-refractivity contribution is 5.74. The van der Waals surface area contributed by atoms with Gasteiger partial charge in [-0.15, -0.1) is 0 Å². The predicted molar refractivity (Wildman–Crippen MR) is 80.6 cm³/mol. The average Bonchev–Trinajstić information content (AvgIpc) is 2.31. The van der Waals surface area contributed by atoms with E-state index in [-0.39, 0.29) is 24.4 Å². The van der Waals surface area contributed by atoms with Crippen LogP contribution < -0.4 is 10.6 Å². The van der Waals surface area contributed by atoms with E-state index in [1.807, 2.05) is 6.92 Å². The molecule has 5 heteroatoms. The molecule has 0 aliphatic heterocycles. The summed E-state index contributed by atoms with van der Waals surface area (Å²) in [5.74, 6) is -0.0247. The summed E-state index contributed by atoms with van der Waals surface area (Å²) in [6.45, 7) is 10.7. The molecule has 3 N–H and O–H groups in total.